The first-order valence-corrected chi connectivity index (χ1v) is 8.82. The van der Waals surface area contributed by atoms with Gasteiger partial charge < -0.3 is 16.4 Å². The Morgan fingerprint density at radius 1 is 1.13 bits per heavy atom. The van der Waals surface area contributed by atoms with E-state index >= 15 is 0 Å². The van der Waals surface area contributed by atoms with Gasteiger partial charge in [-0.3, -0.25) is 4.79 Å². The smallest absolute Gasteiger partial charge is 0.351 e. The SMILES string of the molecule is CC(NC(=O)c1nnn(-c2cccc(F)c2)c1C(F)(F)F)c1ccc(NC(N)=O)cc1. The van der Waals surface area contributed by atoms with E-state index in [0.717, 1.165) is 12.1 Å². The number of anilines is 1. The number of amides is 3. The van der Waals surface area contributed by atoms with Crippen molar-refractivity contribution in [2.24, 2.45) is 5.73 Å². The molecule has 3 rings (SSSR count). The lowest BCUT2D eigenvalue weighted by Gasteiger charge is -2.15. The maximum Gasteiger partial charge on any atom is 0.435 e. The van der Waals surface area contributed by atoms with Crippen LogP contribution in [0.1, 0.15) is 34.7 Å². The number of halogens is 4. The van der Waals surface area contributed by atoms with Crippen LogP contribution in [0.25, 0.3) is 5.69 Å². The van der Waals surface area contributed by atoms with E-state index in [-0.39, 0.29) is 5.69 Å². The van der Waals surface area contributed by atoms with Crippen molar-refractivity contribution >= 4 is 17.6 Å². The Kier molecular flexibility index (Phi) is 5.90. The second kappa shape index (κ2) is 8.42. The van der Waals surface area contributed by atoms with Crippen molar-refractivity contribution in [3.63, 3.8) is 0 Å². The van der Waals surface area contributed by atoms with E-state index < -0.39 is 41.4 Å². The summed E-state index contributed by atoms with van der Waals surface area (Å²) in [6, 6.07) is 9.03. The molecule has 162 valence electrons. The quantitative estimate of drug-likeness (QED) is 0.532. The highest BCUT2D eigenvalue weighted by atomic mass is 19.4. The van der Waals surface area contributed by atoms with Gasteiger partial charge in [-0.1, -0.05) is 23.4 Å². The van der Waals surface area contributed by atoms with Crippen molar-refractivity contribution in [3.8, 4) is 5.69 Å². The number of carbonyl (C=O) groups excluding carboxylic acids is 2. The molecular weight excluding hydrogens is 420 g/mol. The minimum Gasteiger partial charge on any atom is -0.351 e. The van der Waals surface area contributed by atoms with Gasteiger partial charge in [-0.25, -0.2) is 13.9 Å². The summed E-state index contributed by atoms with van der Waals surface area (Å²) in [5.74, 6) is -1.88. The van der Waals surface area contributed by atoms with Crippen LogP contribution in [-0.4, -0.2) is 26.9 Å². The van der Waals surface area contributed by atoms with Crippen LogP contribution in [0.3, 0.4) is 0 Å². The van der Waals surface area contributed by atoms with Crippen LogP contribution in [0.5, 0.6) is 0 Å². The van der Waals surface area contributed by atoms with Crippen LogP contribution < -0.4 is 16.4 Å². The van der Waals surface area contributed by atoms with Gasteiger partial charge >= 0.3 is 12.2 Å². The molecule has 4 N–H and O–H groups in total. The predicted molar refractivity (Wildman–Crippen MR) is 102 cm³/mol. The molecule has 0 aliphatic rings. The van der Waals surface area contributed by atoms with Crippen molar-refractivity contribution < 1.29 is 27.2 Å². The molecule has 3 amide bonds. The van der Waals surface area contributed by atoms with Crippen LogP contribution in [0.4, 0.5) is 28.0 Å². The standard InChI is InChI=1S/C19H16F4N6O2/c1-10(11-5-7-13(8-6-11)26-18(24)31)25-17(30)15-16(19(21,22)23)29(28-27-15)14-4-2-3-12(20)9-14/h2-10H,1H3,(H,25,30)(H3,24,26,31). The number of nitrogens with two attached hydrogens (primary N) is 1. The third-order valence-electron chi connectivity index (χ3n) is 4.23. The first kappa shape index (κ1) is 21.7. The molecule has 0 fully saturated rings. The summed E-state index contributed by atoms with van der Waals surface area (Å²) in [5.41, 5.74) is 3.37. The third kappa shape index (κ3) is 4.97. The van der Waals surface area contributed by atoms with E-state index in [1.807, 2.05) is 0 Å². The Hall–Kier alpha value is -3.96. The van der Waals surface area contributed by atoms with E-state index in [1.165, 1.54) is 24.3 Å². The number of carbonyl (C=O) groups is 2. The first-order chi connectivity index (χ1) is 14.6. The number of nitrogens with zero attached hydrogens (tertiary/aromatic N) is 3. The number of benzene rings is 2. The molecule has 1 atom stereocenters. The molecule has 0 bridgehead atoms. The van der Waals surface area contributed by atoms with Crippen LogP contribution in [0.2, 0.25) is 0 Å². The van der Waals surface area contributed by atoms with Gasteiger partial charge in [0.25, 0.3) is 5.91 Å². The zero-order valence-electron chi connectivity index (χ0n) is 15.9. The summed E-state index contributed by atoms with van der Waals surface area (Å²) in [6.45, 7) is 1.55. The number of alkyl halides is 3. The Morgan fingerprint density at radius 3 is 2.39 bits per heavy atom. The Morgan fingerprint density at radius 2 is 1.81 bits per heavy atom. The molecule has 1 unspecified atom stereocenters. The lowest BCUT2D eigenvalue weighted by atomic mass is 10.1. The number of rotatable bonds is 5. The van der Waals surface area contributed by atoms with Gasteiger partial charge in [0.1, 0.15) is 5.82 Å². The summed E-state index contributed by atoms with van der Waals surface area (Å²) in [4.78, 5) is 23.4. The molecule has 0 aliphatic carbocycles. The van der Waals surface area contributed by atoms with E-state index in [2.05, 4.69) is 20.9 Å². The number of nitrogens with one attached hydrogen (secondary N) is 2. The fraction of sp³-hybridized carbons (Fsp3) is 0.158. The maximum atomic E-state index is 13.7. The minimum absolute atomic E-state index is 0.232. The summed E-state index contributed by atoms with van der Waals surface area (Å²) < 4.78 is 54.9. The normalized spacial score (nSPS) is 12.3. The highest BCUT2D eigenvalue weighted by Crippen LogP contribution is 2.33. The molecule has 0 saturated heterocycles. The lowest BCUT2D eigenvalue weighted by molar-refractivity contribution is -0.143. The molecule has 8 nitrogen and oxygen atoms in total. The lowest BCUT2D eigenvalue weighted by Crippen LogP contribution is -2.29. The second-order valence-electron chi connectivity index (χ2n) is 6.48. The molecule has 0 saturated carbocycles. The fourth-order valence-electron chi connectivity index (χ4n) is 2.82. The van der Waals surface area contributed by atoms with Crippen LogP contribution in [0, 0.1) is 5.82 Å². The molecule has 2 aromatic carbocycles. The maximum absolute atomic E-state index is 13.7. The summed E-state index contributed by atoms with van der Waals surface area (Å²) in [6.07, 6.45) is -4.98. The monoisotopic (exact) mass is 436 g/mol. The minimum atomic E-state index is -4.98. The van der Waals surface area contributed by atoms with Gasteiger partial charge in [0.15, 0.2) is 11.4 Å². The number of primary amides is 1. The van der Waals surface area contributed by atoms with Gasteiger partial charge in [-0.2, -0.15) is 13.2 Å². The largest absolute Gasteiger partial charge is 0.435 e. The molecular formula is C19H16F4N6O2. The van der Waals surface area contributed by atoms with Gasteiger partial charge in [-0.05, 0) is 42.8 Å². The van der Waals surface area contributed by atoms with Crippen molar-refractivity contribution in [1.82, 2.24) is 20.3 Å². The molecule has 12 heteroatoms. The van der Waals surface area contributed by atoms with Crippen molar-refractivity contribution in [3.05, 3.63) is 71.3 Å². The Labute approximate surface area is 173 Å². The van der Waals surface area contributed by atoms with Crippen molar-refractivity contribution in [2.45, 2.75) is 19.1 Å². The highest BCUT2D eigenvalue weighted by Gasteiger charge is 2.42. The summed E-state index contributed by atoms with van der Waals surface area (Å²) >= 11 is 0. The van der Waals surface area contributed by atoms with Gasteiger partial charge in [0.2, 0.25) is 0 Å². The average molecular weight is 436 g/mol. The first-order valence-electron chi connectivity index (χ1n) is 8.82. The molecule has 0 spiro atoms. The van der Waals surface area contributed by atoms with Crippen LogP contribution in [-0.2, 0) is 6.18 Å². The molecule has 31 heavy (non-hydrogen) atoms. The Balaban J connectivity index is 1.87. The van der Waals surface area contributed by atoms with E-state index in [9.17, 15) is 27.2 Å². The Bertz CT molecular complexity index is 1110. The van der Waals surface area contributed by atoms with Gasteiger partial charge in [0, 0.05) is 5.69 Å². The topological polar surface area (TPSA) is 115 Å². The predicted octanol–water partition coefficient (Wildman–Crippen LogP) is 3.41. The van der Waals surface area contributed by atoms with Crippen molar-refractivity contribution in [2.75, 3.05) is 5.32 Å². The molecule has 3 aromatic rings. The summed E-state index contributed by atoms with van der Waals surface area (Å²) in [7, 11) is 0. The summed E-state index contributed by atoms with van der Waals surface area (Å²) in [5, 5.41) is 11.6. The highest BCUT2D eigenvalue weighted by molar-refractivity contribution is 5.94. The van der Waals surface area contributed by atoms with Crippen LogP contribution >= 0.6 is 0 Å². The van der Waals surface area contributed by atoms with E-state index in [0.29, 0.717) is 15.9 Å². The van der Waals surface area contributed by atoms with Gasteiger partial charge in [-0.15, -0.1) is 5.10 Å². The number of hydrogen-bond donors (Lipinski definition) is 3. The molecule has 1 aromatic heterocycles. The number of aromatic nitrogens is 3. The molecule has 1 heterocycles. The zero-order valence-corrected chi connectivity index (χ0v) is 15.9. The second-order valence-corrected chi connectivity index (χ2v) is 6.48. The number of urea groups is 1. The van der Waals surface area contributed by atoms with Crippen molar-refractivity contribution in [1.29, 1.82) is 0 Å². The third-order valence-corrected chi connectivity index (χ3v) is 4.23. The fourth-order valence-corrected chi connectivity index (χ4v) is 2.82. The van der Waals surface area contributed by atoms with Crippen LogP contribution in [0.15, 0.2) is 48.5 Å². The molecule has 0 aliphatic heterocycles. The molecule has 0 radical (unpaired) electrons. The van der Waals surface area contributed by atoms with E-state index in [1.54, 1.807) is 19.1 Å². The zero-order chi connectivity index (χ0) is 22.8. The number of hydrogen-bond acceptors (Lipinski definition) is 4. The average Bonchev–Trinajstić information content (AvgIpc) is 3.14. The van der Waals surface area contributed by atoms with E-state index in [4.69, 9.17) is 5.73 Å². The van der Waals surface area contributed by atoms with Gasteiger partial charge in [0.05, 0.1) is 11.7 Å².